The molecule has 2 rings (SSSR count). The van der Waals surface area contributed by atoms with Gasteiger partial charge in [-0.15, -0.1) is 0 Å². The number of hydrogen-bond donors (Lipinski definition) is 2. The fraction of sp³-hybridized carbons (Fsp3) is 0.250. The van der Waals surface area contributed by atoms with Gasteiger partial charge < -0.3 is 14.8 Å². The molecule has 0 aliphatic rings. The number of hydrogen-bond acceptors (Lipinski definition) is 2. The molecule has 4 heteroatoms. The van der Waals surface area contributed by atoms with Crippen LogP contribution >= 0.6 is 0 Å². The highest BCUT2D eigenvalue weighted by Crippen LogP contribution is 2.29. The Morgan fingerprint density at radius 1 is 1.50 bits per heavy atom. The van der Waals surface area contributed by atoms with Gasteiger partial charge in [-0.3, -0.25) is 0 Å². The van der Waals surface area contributed by atoms with Gasteiger partial charge in [0, 0.05) is 5.39 Å². The van der Waals surface area contributed by atoms with E-state index in [0.717, 1.165) is 22.9 Å². The van der Waals surface area contributed by atoms with Gasteiger partial charge in [0.05, 0.1) is 12.6 Å². The summed E-state index contributed by atoms with van der Waals surface area (Å²) in [6.07, 6.45) is 0.847. The number of ether oxygens (including phenoxy) is 1. The van der Waals surface area contributed by atoms with Gasteiger partial charge in [0.1, 0.15) is 11.4 Å². The number of aryl methyl sites for hydroxylation is 1. The number of methoxy groups -OCH3 is 1. The van der Waals surface area contributed by atoms with Gasteiger partial charge in [-0.2, -0.15) is 0 Å². The third kappa shape index (κ3) is 1.52. The van der Waals surface area contributed by atoms with Crippen LogP contribution in [0.1, 0.15) is 23.0 Å². The van der Waals surface area contributed by atoms with Gasteiger partial charge in [0.25, 0.3) is 0 Å². The predicted molar refractivity (Wildman–Crippen MR) is 61.2 cm³/mol. The molecule has 0 bridgehead atoms. The van der Waals surface area contributed by atoms with Crippen molar-refractivity contribution in [2.45, 2.75) is 13.3 Å². The van der Waals surface area contributed by atoms with Crippen molar-refractivity contribution in [2.24, 2.45) is 0 Å². The normalized spacial score (nSPS) is 10.6. The Morgan fingerprint density at radius 2 is 2.25 bits per heavy atom. The van der Waals surface area contributed by atoms with Crippen LogP contribution in [0.5, 0.6) is 5.75 Å². The summed E-state index contributed by atoms with van der Waals surface area (Å²) in [5.74, 6) is -0.267. The number of aromatic amines is 1. The minimum Gasteiger partial charge on any atom is -0.496 e. The van der Waals surface area contributed by atoms with Crippen molar-refractivity contribution in [3.63, 3.8) is 0 Å². The largest absolute Gasteiger partial charge is 0.496 e. The highest BCUT2D eigenvalue weighted by Gasteiger charge is 2.12. The Morgan fingerprint density at radius 3 is 2.81 bits per heavy atom. The molecule has 0 amide bonds. The van der Waals surface area contributed by atoms with E-state index in [1.165, 1.54) is 0 Å². The number of benzene rings is 1. The smallest absolute Gasteiger partial charge is 0.352 e. The average Bonchev–Trinajstić information content (AvgIpc) is 2.72. The highest BCUT2D eigenvalue weighted by atomic mass is 16.5. The van der Waals surface area contributed by atoms with E-state index < -0.39 is 5.97 Å². The lowest BCUT2D eigenvalue weighted by Crippen LogP contribution is -1.95. The van der Waals surface area contributed by atoms with Crippen LogP contribution in [0.15, 0.2) is 18.2 Å². The van der Waals surface area contributed by atoms with Crippen molar-refractivity contribution in [3.8, 4) is 5.75 Å². The Hall–Kier alpha value is -1.97. The summed E-state index contributed by atoms with van der Waals surface area (Å²) in [7, 11) is 1.58. The maximum atomic E-state index is 10.9. The molecular weight excluding hydrogens is 206 g/mol. The monoisotopic (exact) mass is 219 g/mol. The van der Waals surface area contributed by atoms with Crippen molar-refractivity contribution < 1.29 is 14.6 Å². The first-order valence-corrected chi connectivity index (χ1v) is 5.09. The van der Waals surface area contributed by atoms with Crippen LogP contribution in [0.25, 0.3) is 10.9 Å². The molecule has 2 aromatic rings. The molecular formula is C12H13NO3. The Bertz CT molecular complexity index is 501. The van der Waals surface area contributed by atoms with Crippen molar-refractivity contribution in [1.82, 2.24) is 4.98 Å². The summed E-state index contributed by atoms with van der Waals surface area (Å²) in [5, 5.41) is 9.76. The number of aromatic nitrogens is 1. The molecule has 0 saturated carbocycles. The second kappa shape index (κ2) is 3.89. The van der Waals surface area contributed by atoms with Gasteiger partial charge in [-0.1, -0.05) is 13.0 Å². The molecule has 1 aromatic carbocycles. The quantitative estimate of drug-likeness (QED) is 0.833. The lowest BCUT2D eigenvalue weighted by Gasteiger charge is -2.04. The lowest BCUT2D eigenvalue weighted by atomic mass is 10.1. The van der Waals surface area contributed by atoms with E-state index in [1.807, 2.05) is 19.1 Å². The van der Waals surface area contributed by atoms with E-state index in [0.29, 0.717) is 5.75 Å². The zero-order chi connectivity index (χ0) is 11.7. The fourth-order valence-electron chi connectivity index (χ4n) is 1.84. The third-order valence-corrected chi connectivity index (χ3v) is 2.67. The van der Waals surface area contributed by atoms with Gasteiger partial charge in [0.15, 0.2) is 0 Å². The van der Waals surface area contributed by atoms with E-state index in [2.05, 4.69) is 4.98 Å². The second-order valence-corrected chi connectivity index (χ2v) is 3.56. The van der Waals surface area contributed by atoms with Crippen LogP contribution in [-0.2, 0) is 6.42 Å². The van der Waals surface area contributed by atoms with Crippen LogP contribution < -0.4 is 4.74 Å². The molecule has 84 valence electrons. The van der Waals surface area contributed by atoms with Gasteiger partial charge in [-0.25, -0.2) is 4.79 Å². The van der Waals surface area contributed by atoms with E-state index in [4.69, 9.17) is 9.84 Å². The molecule has 0 radical (unpaired) electrons. The molecule has 2 N–H and O–H groups in total. The van der Waals surface area contributed by atoms with Gasteiger partial charge >= 0.3 is 5.97 Å². The van der Waals surface area contributed by atoms with E-state index in [-0.39, 0.29) is 5.69 Å². The van der Waals surface area contributed by atoms with E-state index >= 15 is 0 Å². The first-order valence-electron chi connectivity index (χ1n) is 5.09. The average molecular weight is 219 g/mol. The summed E-state index contributed by atoms with van der Waals surface area (Å²) < 4.78 is 5.21. The zero-order valence-electron chi connectivity index (χ0n) is 9.20. The van der Waals surface area contributed by atoms with Crippen LogP contribution in [0.4, 0.5) is 0 Å². The molecule has 0 spiro atoms. The van der Waals surface area contributed by atoms with Gasteiger partial charge in [-0.05, 0) is 24.1 Å². The molecule has 0 aliphatic heterocycles. The fourth-order valence-corrected chi connectivity index (χ4v) is 1.84. The Kier molecular flexibility index (Phi) is 2.56. The molecule has 0 unspecified atom stereocenters. The van der Waals surface area contributed by atoms with Crippen molar-refractivity contribution in [1.29, 1.82) is 0 Å². The number of carboxylic acids is 1. The number of rotatable bonds is 3. The topological polar surface area (TPSA) is 62.3 Å². The summed E-state index contributed by atoms with van der Waals surface area (Å²) in [5.41, 5.74) is 2.12. The summed E-state index contributed by atoms with van der Waals surface area (Å²) >= 11 is 0. The second-order valence-electron chi connectivity index (χ2n) is 3.56. The number of nitrogens with one attached hydrogen (secondary N) is 1. The summed E-state index contributed by atoms with van der Waals surface area (Å²) in [4.78, 5) is 13.8. The molecule has 0 fully saturated rings. The number of fused-ring (bicyclic) bond motifs is 1. The molecule has 0 atom stereocenters. The van der Waals surface area contributed by atoms with Crippen molar-refractivity contribution in [3.05, 3.63) is 29.5 Å². The first-order chi connectivity index (χ1) is 7.67. The van der Waals surface area contributed by atoms with Crippen LogP contribution in [-0.4, -0.2) is 23.2 Å². The molecule has 0 aliphatic carbocycles. The van der Waals surface area contributed by atoms with Crippen LogP contribution in [0, 0.1) is 0 Å². The number of carbonyl (C=O) groups is 1. The number of H-pyrrole nitrogens is 1. The number of aromatic carboxylic acids is 1. The van der Waals surface area contributed by atoms with Gasteiger partial charge in [0.2, 0.25) is 0 Å². The van der Waals surface area contributed by atoms with E-state index in [1.54, 1.807) is 13.2 Å². The summed E-state index contributed by atoms with van der Waals surface area (Å²) in [6, 6.07) is 5.42. The SMILES string of the molecule is CCc1ccc(OC)c2cc(C(=O)O)[nH]c12. The Labute approximate surface area is 92.9 Å². The van der Waals surface area contributed by atoms with Crippen LogP contribution in [0.2, 0.25) is 0 Å². The van der Waals surface area contributed by atoms with E-state index in [9.17, 15) is 4.79 Å². The molecule has 0 saturated heterocycles. The molecule has 16 heavy (non-hydrogen) atoms. The molecule has 4 nitrogen and oxygen atoms in total. The minimum atomic E-state index is -0.958. The first kappa shape index (κ1) is 10.5. The predicted octanol–water partition coefficient (Wildman–Crippen LogP) is 2.44. The molecule has 1 aromatic heterocycles. The Balaban J connectivity index is 2.75. The third-order valence-electron chi connectivity index (χ3n) is 2.67. The highest BCUT2D eigenvalue weighted by molar-refractivity contribution is 5.97. The number of carboxylic acid groups (broad SMARTS) is 1. The minimum absolute atomic E-state index is 0.189. The standard InChI is InChI=1S/C12H13NO3/c1-3-7-4-5-10(16-2)8-6-9(12(14)15)13-11(7)8/h4-6,13H,3H2,1-2H3,(H,14,15). The lowest BCUT2D eigenvalue weighted by molar-refractivity contribution is 0.0691. The maximum Gasteiger partial charge on any atom is 0.352 e. The maximum absolute atomic E-state index is 10.9. The van der Waals surface area contributed by atoms with Crippen molar-refractivity contribution >= 4 is 16.9 Å². The van der Waals surface area contributed by atoms with Crippen molar-refractivity contribution in [2.75, 3.05) is 7.11 Å². The zero-order valence-corrected chi connectivity index (χ0v) is 9.20. The molecule has 1 heterocycles. The van der Waals surface area contributed by atoms with Crippen LogP contribution in [0.3, 0.4) is 0 Å². The summed E-state index contributed by atoms with van der Waals surface area (Å²) in [6.45, 7) is 2.03.